The number of nitrogens with two attached hydrogens (primary N) is 1. The molecule has 2 aliphatic rings. The molecule has 2 N–H and O–H groups in total. The first-order valence-corrected chi connectivity index (χ1v) is 9.38. The molecule has 0 bridgehead atoms. The number of rotatable bonds is 5. The first-order valence-electron chi connectivity index (χ1n) is 6.95. The van der Waals surface area contributed by atoms with Gasteiger partial charge in [0.2, 0.25) is 10.0 Å². The van der Waals surface area contributed by atoms with Crippen molar-refractivity contribution in [1.29, 1.82) is 0 Å². The lowest BCUT2D eigenvalue weighted by molar-refractivity contribution is 0.0706. The quantitative estimate of drug-likeness (QED) is 0.873. The highest BCUT2D eigenvalue weighted by Crippen LogP contribution is 2.31. The van der Waals surface area contributed by atoms with Crippen LogP contribution >= 0.6 is 11.3 Å². The Morgan fingerprint density at radius 3 is 2.71 bits per heavy atom. The standard InChI is InChI=1S/C13H18N2O4S2/c14-21(17,18)12-5-10(8-20-12)13(16)15(11-1-2-11)6-9-3-4-19-7-9/h5,8-9,11H,1-4,6-7H2,(H2,14,17,18)/t9-/m1/s1. The molecule has 0 radical (unpaired) electrons. The summed E-state index contributed by atoms with van der Waals surface area (Å²) in [5, 5.41) is 6.66. The number of primary sulfonamides is 1. The van der Waals surface area contributed by atoms with Crippen LogP contribution in [0.15, 0.2) is 15.7 Å². The Kier molecular flexibility index (Phi) is 4.04. The van der Waals surface area contributed by atoms with Gasteiger partial charge in [0.25, 0.3) is 5.91 Å². The molecule has 6 nitrogen and oxygen atoms in total. The van der Waals surface area contributed by atoms with E-state index in [1.807, 2.05) is 4.90 Å². The number of carbonyl (C=O) groups is 1. The van der Waals surface area contributed by atoms with Crippen molar-refractivity contribution in [2.75, 3.05) is 19.8 Å². The van der Waals surface area contributed by atoms with E-state index in [1.165, 1.54) is 6.07 Å². The molecule has 8 heteroatoms. The Morgan fingerprint density at radius 1 is 1.43 bits per heavy atom. The van der Waals surface area contributed by atoms with E-state index in [-0.39, 0.29) is 16.2 Å². The smallest absolute Gasteiger partial charge is 0.255 e. The van der Waals surface area contributed by atoms with Gasteiger partial charge in [0, 0.05) is 30.5 Å². The summed E-state index contributed by atoms with van der Waals surface area (Å²) in [7, 11) is -3.74. The predicted molar refractivity (Wildman–Crippen MR) is 78.7 cm³/mol. The fourth-order valence-corrected chi connectivity index (χ4v) is 4.11. The fraction of sp³-hybridized carbons (Fsp3) is 0.615. The lowest BCUT2D eigenvalue weighted by Gasteiger charge is -2.24. The van der Waals surface area contributed by atoms with Crippen LogP contribution in [-0.4, -0.2) is 45.0 Å². The highest BCUT2D eigenvalue weighted by Gasteiger charge is 2.35. The van der Waals surface area contributed by atoms with Crippen LogP contribution in [0, 0.1) is 5.92 Å². The van der Waals surface area contributed by atoms with Gasteiger partial charge in [-0.15, -0.1) is 11.3 Å². The largest absolute Gasteiger partial charge is 0.381 e. The normalized spacial score (nSPS) is 22.4. The Bertz CT molecular complexity index is 630. The Labute approximate surface area is 127 Å². The third kappa shape index (κ3) is 3.45. The summed E-state index contributed by atoms with van der Waals surface area (Å²) in [6.45, 7) is 2.14. The number of amides is 1. The minimum absolute atomic E-state index is 0.0331. The Morgan fingerprint density at radius 2 is 2.19 bits per heavy atom. The van der Waals surface area contributed by atoms with Gasteiger partial charge in [0.1, 0.15) is 4.21 Å². The van der Waals surface area contributed by atoms with Crippen LogP contribution in [0.4, 0.5) is 0 Å². The van der Waals surface area contributed by atoms with Crippen molar-refractivity contribution in [3.05, 3.63) is 17.0 Å². The van der Waals surface area contributed by atoms with E-state index in [0.717, 1.165) is 37.2 Å². The van der Waals surface area contributed by atoms with Crippen molar-refractivity contribution < 1.29 is 17.9 Å². The summed E-state index contributed by atoms with van der Waals surface area (Å²) in [5.74, 6) is 0.279. The van der Waals surface area contributed by atoms with Crippen LogP contribution in [0.1, 0.15) is 29.6 Å². The first kappa shape index (κ1) is 15.0. The number of hydrogen-bond acceptors (Lipinski definition) is 5. The molecule has 1 aliphatic heterocycles. The molecule has 1 saturated heterocycles. The molecule has 0 spiro atoms. The van der Waals surface area contributed by atoms with E-state index in [9.17, 15) is 13.2 Å². The average molecular weight is 330 g/mol. The van der Waals surface area contributed by atoms with Crippen LogP contribution in [-0.2, 0) is 14.8 Å². The highest BCUT2D eigenvalue weighted by molar-refractivity contribution is 7.91. The van der Waals surface area contributed by atoms with E-state index >= 15 is 0 Å². The molecule has 0 aromatic carbocycles. The number of nitrogens with zero attached hydrogens (tertiary/aromatic N) is 1. The maximum atomic E-state index is 12.6. The van der Waals surface area contributed by atoms with E-state index < -0.39 is 10.0 Å². The molecule has 3 rings (SSSR count). The van der Waals surface area contributed by atoms with Gasteiger partial charge in [-0.25, -0.2) is 13.6 Å². The Hall–Kier alpha value is -0.960. The number of sulfonamides is 1. The molecule has 0 unspecified atom stereocenters. The van der Waals surface area contributed by atoms with Crippen molar-refractivity contribution in [2.45, 2.75) is 29.5 Å². The molecule has 2 heterocycles. The van der Waals surface area contributed by atoms with E-state index in [0.29, 0.717) is 24.6 Å². The zero-order valence-corrected chi connectivity index (χ0v) is 13.2. The summed E-state index contributed by atoms with van der Waals surface area (Å²) in [6.07, 6.45) is 3.01. The van der Waals surface area contributed by atoms with E-state index in [1.54, 1.807) is 5.38 Å². The van der Waals surface area contributed by atoms with Gasteiger partial charge < -0.3 is 9.64 Å². The van der Waals surface area contributed by atoms with E-state index in [4.69, 9.17) is 9.88 Å². The monoisotopic (exact) mass is 330 g/mol. The van der Waals surface area contributed by atoms with Gasteiger partial charge in [0.05, 0.1) is 12.2 Å². The predicted octanol–water partition coefficient (Wildman–Crippen LogP) is 1.04. The lowest BCUT2D eigenvalue weighted by Crippen LogP contribution is -2.37. The zero-order valence-electron chi connectivity index (χ0n) is 11.5. The van der Waals surface area contributed by atoms with Crippen LogP contribution < -0.4 is 5.14 Å². The van der Waals surface area contributed by atoms with Gasteiger partial charge in [-0.05, 0) is 25.3 Å². The minimum Gasteiger partial charge on any atom is -0.381 e. The molecule has 1 saturated carbocycles. The van der Waals surface area contributed by atoms with Crippen molar-refractivity contribution in [3.63, 3.8) is 0 Å². The van der Waals surface area contributed by atoms with Crippen LogP contribution in [0.5, 0.6) is 0 Å². The lowest BCUT2D eigenvalue weighted by atomic mass is 10.1. The molecule has 2 fully saturated rings. The van der Waals surface area contributed by atoms with Crippen molar-refractivity contribution in [3.8, 4) is 0 Å². The third-order valence-corrected chi connectivity index (χ3v) is 6.22. The molecular weight excluding hydrogens is 312 g/mol. The number of thiophene rings is 1. The first-order chi connectivity index (χ1) is 9.95. The molecule has 1 aromatic heterocycles. The molecular formula is C13H18N2O4S2. The van der Waals surface area contributed by atoms with Crippen LogP contribution in [0.3, 0.4) is 0 Å². The molecule has 21 heavy (non-hydrogen) atoms. The average Bonchev–Trinajstić information content (AvgIpc) is 2.94. The second kappa shape index (κ2) is 5.68. The summed E-state index contributed by atoms with van der Waals surface area (Å²) < 4.78 is 28.0. The molecule has 1 aromatic rings. The second-order valence-electron chi connectivity index (χ2n) is 5.62. The highest BCUT2D eigenvalue weighted by atomic mass is 32.2. The molecule has 1 atom stereocenters. The van der Waals surface area contributed by atoms with Crippen LogP contribution in [0.25, 0.3) is 0 Å². The maximum absolute atomic E-state index is 12.6. The van der Waals surface area contributed by atoms with Gasteiger partial charge in [-0.2, -0.15) is 0 Å². The van der Waals surface area contributed by atoms with Gasteiger partial charge in [0.15, 0.2) is 0 Å². The molecule has 1 aliphatic carbocycles. The number of ether oxygens (including phenoxy) is 1. The van der Waals surface area contributed by atoms with Gasteiger partial charge >= 0.3 is 0 Å². The summed E-state index contributed by atoms with van der Waals surface area (Å²) in [4.78, 5) is 14.5. The number of carbonyl (C=O) groups excluding carboxylic acids is 1. The van der Waals surface area contributed by atoms with Crippen molar-refractivity contribution in [2.24, 2.45) is 11.1 Å². The summed E-state index contributed by atoms with van der Waals surface area (Å²) in [6, 6.07) is 1.67. The fourth-order valence-electron chi connectivity index (χ4n) is 2.53. The minimum atomic E-state index is -3.74. The van der Waals surface area contributed by atoms with Gasteiger partial charge in [-0.3, -0.25) is 4.79 Å². The SMILES string of the molecule is NS(=O)(=O)c1cc(C(=O)N(C[C@H]2CCOC2)C2CC2)cs1. The summed E-state index contributed by atoms with van der Waals surface area (Å²) in [5.41, 5.74) is 0.412. The summed E-state index contributed by atoms with van der Waals surface area (Å²) >= 11 is 0.992. The van der Waals surface area contributed by atoms with Gasteiger partial charge in [-0.1, -0.05) is 0 Å². The third-order valence-electron chi connectivity index (χ3n) is 3.83. The Balaban J connectivity index is 1.75. The van der Waals surface area contributed by atoms with Crippen molar-refractivity contribution >= 4 is 27.3 Å². The molecule has 116 valence electrons. The topological polar surface area (TPSA) is 89.7 Å². The maximum Gasteiger partial charge on any atom is 0.255 e. The van der Waals surface area contributed by atoms with Crippen molar-refractivity contribution in [1.82, 2.24) is 4.90 Å². The van der Waals surface area contributed by atoms with Crippen LogP contribution in [0.2, 0.25) is 0 Å². The van der Waals surface area contributed by atoms with E-state index in [2.05, 4.69) is 0 Å². The molecule has 1 amide bonds. The zero-order chi connectivity index (χ0) is 15.0. The number of hydrogen-bond donors (Lipinski definition) is 1. The second-order valence-corrected chi connectivity index (χ2v) is 8.32.